The number of nitrogens with zero attached hydrogens (tertiary/aromatic N) is 2. The molecule has 4 aromatic rings. The Kier molecular flexibility index (Phi) is 5.14. The molecule has 0 bridgehead atoms. The predicted octanol–water partition coefficient (Wildman–Crippen LogP) is 5.95. The summed E-state index contributed by atoms with van der Waals surface area (Å²) in [4.78, 5) is 6.62. The van der Waals surface area contributed by atoms with Crippen molar-refractivity contribution in [1.82, 2.24) is 10.3 Å². The number of ether oxygens (including phenoxy) is 1. The summed E-state index contributed by atoms with van der Waals surface area (Å²) >= 11 is 5.72. The van der Waals surface area contributed by atoms with E-state index in [1.54, 1.807) is 12.5 Å². The van der Waals surface area contributed by atoms with Crippen molar-refractivity contribution in [2.24, 2.45) is 0 Å². The van der Waals surface area contributed by atoms with E-state index in [0.717, 1.165) is 34.2 Å². The molecule has 2 atom stereocenters. The fourth-order valence-corrected chi connectivity index (χ4v) is 4.20. The Morgan fingerprint density at radius 1 is 0.968 bits per heavy atom. The van der Waals surface area contributed by atoms with Crippen LogP contribution in [0, 0.1) is 6.92 Å². The fraction of sp³-hybridized carbons (Fsp3) is 0.120. The second-order valence-electron chi connectivity index (χ2n) is 7.37. The molecule has 3 heterocycles. The van der Waals surface area contributed by atoms with E-state index in [4.69, 9.17) is 21.4 Å². The van der Waals surface area contributed by atoms with Crippen LogP contribution in [-0.4, -0.2) is 10.1 Å². The van der Waals surface area contributed by atoms with Gasteiger partial charge >= 0.3 is 0 Å². The first-order chi connectivity index (χ1) is 15.2. The number of aryl methyl sites for hydroxylation is 1. The number of hydrogen-bond acceptors (Lipinski definition) is 4. The number of furan rings is 1. The van der Waals surface area contributed by atoms with Crippen molar-refractivity contribution in [3.05, 3.63) is 108 Å². The second-order valence-corrected chi connectivity index (χ2v) is 7.76. The Morgan fingerprint density at radius 2 is 1.77 bits per heavy atom. The third-order valence-electron chi connectivity index (χ3n) is 5.37. The zero-order chi connectivity index (χ0) is 21.2. The van der Waals surface area contributed by atoms with E-state index in [9.17, 15) is 0 Å². The van der Waals surface area contributed by atoms with Gasteiger partial charge in [0.2, 0.25) is 0 Å². The van der Waals surface area contributed by atoms with Crippen LogP contribution >= 0.6 is 12.2 Å². The molecule has 1 aliphatic heterocycles. The van der Waals surface area contributed by atoms with Crippen LogP contribution in [0.15, 0.2) is 95.7 Å². The molecule has 31 heavy (non-hydrogen) atoms. The SMILES string of the molecule is Cc1ccccc1Oc1ccc(N2C(=S)N[C@@H](c3ccccn3)[C@@H]2c2ccco2)cc1. The standard InChI is InChI=1S/C25H21N3O2S/c1-17-7-2-3-9-21(17)30-19-13-11-18(12-14-19)28-24(22-10-6-16-29-22)23(27-25(28)31)20-8-4-5-15-26-20/h2-16,23-24H,1H3,(H,27,31)/t23-,24-/m0/s1. The van der Waals surface area contributed by atoms with Crippen LogP contribution in [0.5, 0.6) is 11.5 Å². The molecular weight excluding hydrogens is 406 g/mol. The number of para-hydroxylation sites is 1. The van der Waals surface area contributed by atoms with E-state index in [0.29, 0.717) is 5.11 Å². The van der Waals surface area contributed by atoms with E-state index in [2.05, 4.69) is 15.2 Å². The Hall–Kier alpha value is -3.64. The normalized spacial score (nSPS) is 18.1. The molecule has 0 radical (unpaired) electrons. The van der Waals surface area contributed by atoms with Crippen molar-refractivity contribution >= 4 is 23.0 Å². The van der Waals surface area contributed by atoms with Crippen molar-refractivity contribution in [3.63, 3.8) is 0 Å². The van der Waals surface area contributed by atoms with E-state index >= 15 is 0 Å². The molecule has 1 aliphatic rings. The zero-order valence-electron chi connectivity index (χ0n) is 16.9. The molecular formula is C25H21N3O2S. The van der Waals surface area contributed by atoms with Crippen molar-refractivity contribution in [2.45, 2.75) is 19.0 Å². The van der Waals surface area contributed by atoms with Gasteiger partial charge < -0.3 is 19.4 Å². The summed E-state index contributed by atoms with van der Waals surface area (Å²) in [6.07, 6.45) is 3.48. The van der Waals surface area contributed by atoms with Crippen molar-refractivity contribution < 1.29 is 9.15 Å². The predicted molar refractivity (Wildman–Crippen MR) is 124 cm³/mol. The summed E-state index contributed by atoms with van der Waals surface area (Å²) in [5, 5.41) is 4.05. The van der Waals surface area contributed by atoms with E-state index in [1.807, 2.05) is 85.8 Å². The lowest BCUT2D eigenvalue weighted by atomic mass is 10.0. The molecule has 5 rings (SSSR count). The maximum absolute atomic E-state index is 6.05. The Morgan fingerprint density at radius 3 is 2.48 bits per heavy atom. The molecule has 154 valence electrons. The average Bonchev–Trinajstić information content (AvgIpc) is 3.44. The number of nitrogens with one attached hydrogen (secondary N) is 1. The van der Waals surface area contributed by atoms with Crippen LogP contribution in [0.4, 0.5) is 5.69 Å². The van der Waals surface area contributed by atoms with Crippen LogP contribution < -0.4 is 15.0 Å². The summed E-state index contributed by atoms with van der Waals surface area (Å²) in [6, 6.07) is 25.4. The highest BCUT2D eigenvalue weighted by Gasteiger charge is 2.42. The van der Waals surface area contributed by atoms with Gasteiger partial charge in [0.25, 0.3) is 0 Å². The molecule has 2 aromatic heterocycles. The van der Waals surface area contributed by atoms with Gasteiger partial charge in [-0.1, -0.05) is 24.3 Å². The third-order valence-corrected chi connectivity index (χ3v) is 5.68. The van der Waals surface area contributed by atoms with Gasteiger partial charge in [-0.15, -0.1) is 0 Å². The highest BCUT2D eigenvalue weighted by Crippen LogP contribution is 2.42. The lowest BCUT2D eigenvalue weighted by Gasteiger charge is -2.26. The van der Waals surface area contributed by atoms with E-state index < -0.39 is 0 Å². The van der Waals surface area contributed by atoms with Crippen LogP contribution in [0.3, 0.4) is 0 Å². The molecule has 2 aromatic carbocycles. The summed E-state index contributed by atoms with van der Waals surface area (Å²) < 4.78 is 11.8. The first kappa shape index (κ1) is 19.3. The number of rotatable bonds is 5. The van der Waals surface area contributed by atoms with Gasteiger partial charge in [-0.05, 0) is 79.3 Å². The van der Waals surface area contributed by atoms with Crippen LogP contribution in [0.25, 0.3) is 0 Å². The highest BCUT2D eigenvalue weighted by molar-refractivity contribution is 7.80. The first-order valence-corrected chi connectivity index (χ1v) is 10.5. The Bertz CT molecular complexity index is 1180. The van der Waals surface area contributed by atoms with E-state index in [1.165, 1.54) is 0 Å². The third kappa shape index (κ3) is 3.78. The molecule has 1 N–H and O–H groups in total. The van der Waals surface area contributed by atoms with Crippen molar-refractivity contribution in [1.29, 1.82) is 0 Å². The lowest BCUT2D eigenvalue weighted by Crippen LogP contribution is -2.29. The molecule has 0 spiro atoms. The van der Waals surface area contributed by atoms with Gasteiger partial charge in [-0.25, -0.2) is 0 Å². The number of hydrogen-bond donors (Lipinski definition) is 1. The quantitative estimate of drug-likeness (QED) is 0.397. The van der Waals surface area contributed by atoms with E-state index in [-0.39, 0.29) is 12.1 Å². The maximum Gasteiger partial charge on any atom is 0.174 e. The molecule has 0 unspecified atom stereocenters. The lowest BCUT2D eigenvalue weighted by molar-refractivity contribution is 0.432. The number of benzene rings is 2. The zero-order valence-corrected chi connectivity index (χ0v) is 17.8. The fourth-order valence-electron chi connectivity index (χ4n) is 3.85. The average molecular weight is 428 g/mol. The summed E-state index contributed by atoms with van der Waals surface area (Å²) in [5.41, 5.74) is 2.95. The maximum atomic E-state index is 6.05. The minimum atomic E-state index is -0.152. The second kappa shape index (κ2) is 8.24. The molecule has 6 heteroatoms. The van der Waals surface area contributed by atoms with Gasteiger partial charge in [0.15, 0.2) is 5.11 Å². The Balaban J connectivity index is 1.46. The Labute approximate surface area is 186 Å². The molecule has 0 saturated carbocycles. The van der Waals surface area contributed by atoms with Gasteiger partial charge in [0, 0.05) is 11.9 Å². The number of thiocarbonyl (C=S) groups is 1. The van der Waals surface area contributed by atoms with Crippen molar-refractivity contribution in [2.75, 3.05) is 4.90 Å². The van der Waals surface area contributed by atoms with Crippen LogP contribution in [0.1, 0.15) is 29.1 Å². The first-order valence-electron chi connectivity index (χ1n) is 10.1. The minimum Gasteiger partial charge on any atom is -0.467 e. The monoisotopic (exact) mass is 427 g/mol. The van der Waals surface area contributed by atoms with Crippen LogP contribution in [-0.2, 0) is 0 Å². The van der Waals surface area contributed by atoms with Gasteiger partial charge in [-0.2, -0.15) is 0 Å². The molecule has 1 saturated heterocycles. The topological polar surface area (TPSA) is 50.5 Å². The van der Waals surface area contributed by atoms with Gasteiger partial charge in [0.1, 0.15) is 23.3 Å². The molecule has 0 amide bonds. The van der Waals surface area contributed by atoms with Crippen LogP contribution in [0.2, 0.25) is 0 Å². The number of aromatic nitrogens is 1. The number of anilines is 1. The number of pyridine rings is 1. The minimum absolute atomic E-state index is 0.122. The van der Waals surface area contributed by atoms with Crippen molar-refractivity contribution in [3.8, 4) is 11.5 Å². The molecule has 1 fully saturated rings. The smallest absolute Gasteiger partial charge is 0.174 e. The summed E-state index contributed by atoms with van der Waals surface area (Å²) in [6.45, 7) is 2.03. The highest BCUT2D eigenvalue weighted by atomic mass is 32.1. The largest absolute Gasteiger partial charge is 0.467 e. The summed E-state index contributed by atoms with van der Waals surface area (Å²) in [7, 11) is 0. The molecule has 5 nitrogen and oxygen atoms in total. The molecule has 0 aliphatic carbocycles. The van der Waals surface area contributed by atoms with Gasteiger partial charge in [0.05, 0.1) is 18.0 Å². The summed E-state index contributed by atoms with van der Waals surface area (Å²) in [5.74, 6) is 2.44. The van der Waals surface area contributed by atoms with Gasteiger partial charge in [-0.3, -0.25) is 4.98 Å².